The first kappa shape index (κ1) is 14.6. The zero-order valence-corrected chi connectivity index (χ0v) is 12.1. The van der Waals surface area contributed by atoms with Crippen LogP contribution in [0.3, 0.4) is 0 Å². The van der Waals surface area contributed by atoms with Crippen LogP contribution in [0, 0.1) is 0 Å². The van der Waals surface area contributed by atoms with Gasteiger partial charge in [-0.15, -0.1) is 16.8 Å². The maximum Gasteiger partial charge on any atom is 0.313 e. The van der Waals surface area contributed by atoms with Gasteiger partial charge >= 0.3 is 5.97 Å². The highest BCUT2D eigenvalue weighted by molar-refractivity contribution is 7.99. The van der Waals surface area contributed by atoms with Gasteiger partial charge in [0.05, 0.1) is 5.75 Å². The summed E-state index contributed by atoms with van der Waals surface area (Å²) < 4.78 is 1.82. The Morgan fingerprint density at radius 3 is 2.70 bits per heavy atom. The lowest BCUT2D eigenvalue weighted by Crippen LogP contribution is -2.03. The monoisotopic (exact) mass is 309 g/mol. The van der Waals surface area contributed by atoms with E-state index in [0.717, 1.165) is 17.3 Å². The number of halogens is 1. The minimum Gasteiger partial charge on any atom is -0.481 e. The normalized spacial score (nSPS) is 10.4. The van der Waals surface area contributed by atoms with E-state index < -0.39 is 5.97 Å². The lowest BCUT2D eigenvalue weighted by Gasteiger charge is -2.07. The highest BCUT2D eigenvalue weighted by atomic mass is 35.5. The number of rotatable bonds is 6. The van der Waals surface area contributed by atoms with Crippen LogP contribution in [0.4, 0.5) is 0 Å². The van der Waals surface area contributed by atoms with Crippen molar-refractivity contribution < 1.29 is 9.90 Å². The van der Waals surface area contributed by atoms with Crippen molar-refractivity contribution in [3.8, 4) is 11.4 Å². The Kier molecular flexibility index (Phi) is 4.81. The van der Waals surface area contributed by atoms with Crippen molar-refractivity contribution in [2.24, 2.45) is 0 Å². The molecule has 0 unspecified atom stereocenters. The van der Waals surface area contributed by atoms with Gasteiger partial charge in [0.15, 0.2) is 11.0 Å². The first-order valence-electron chi connectivity index (χ1n) is 5.76. The minimum atomic E-state index is -0.892. The lowest BCUT2D eigenvalue weighted by atomic mass is 10.2. The predicted octanol–water partition coefficient (Wildman–Crippen LogP) is 2.96. The van der Waals surface area contributed by atoms with Crippen LogP contribution in [0.25, 0.3) is 11.4 Å². The molecule has 0 saturated heterocycles. The van der Waals surface area contributed by atoms with Crippen LogP contribution >= 0.6 is 23.4 Å². The number of hydrogen-bond donors (Lipinski definition) is 1. The summed E-state index contributed by atoms with van der Waals surface area (Å²) in [5.41, 5.74) is 0.867. The smallest absolute Gasteiger partial charge is 0.313 e. The van der Waals surface area contributed by atoms with E-state index in [-0.39, 0.29) is 5.75 Å². The van der Waals surface area contributed by atoms with Gasteiger partial charge in [0.1, 0.15) is 0 Å². The molecule has 20 heavy (non-hydrogen) atoms. The molecular weight excluding hydrogens is 298 g/mol. The van der Waals surface area contributed by atoms with E-state index in [9.17, 15) is 4.79 Å². The second-order valence-electron chi connectivity index (χ2n) is 3.89. The number of carboxylic acids is 1. The molecule has 0 amide bonds. The van der Waals surface area contributed by atoms with Crippen molar-refractivity contribution in [3.63, 3.8) is 0 Å². The average Bonchev–Trinajstić information content (AvgIpc) is 2.81. The molecule has 0 saturated carbocycles. The molecule has 7 heteroatoms. The van der Waals surface area contributed by atoms with Crippen molar-refractivity contribution in [3.05, 3.63) is 41.9 Å². The van der Waals surface area contributed by atoms with Crippen LogP contribution in [-0.4, -0.2) is 31.6 Å². The Bertz CT molecular complexity index is 625. The molecule has 0 aliphatic carbocycles. The van der Waals surface area contributed by atoms with Gasteiger partial charge in [-0.1, -0.05) is 29.4 Å². The molecule has 0 fully saturated rings. The van der Waals surface area contributed by atoms with E-state index >= 15 is 0 Å². The summed E-state index contributed by atoms with van der Waals surface area (Å²) >= 11 is 6.99. The highest BCUT2D eigenvalue weighted by Gasteiger charge is 2.14. The zero-order chi connectivity index (χ0) is 14.5. The summed E-state index contributed by atoms with van der Waals surface area (Å²) in [5.74, 6) is -0.291. The Balaban J connectivity index is 2.35. The van der Waals surface area contributed by atoms with Gasteiger partial charge in [0.2, 0.25) is 0 Å². The van der Waals surface area contributed by atoms with Gasteiger partial charge in [-0.05, 0) is 24.3 Å². The quantitative estimate of drug-likeness (QED) is 0.656. The van der Waals surface area contributed by atoms with Crippen LogP contribution in [0.15, 0.2) is 42.1 Å². The SMILES string of the molecule is C=CCn1c(SCC(=O)O)nnc1-c1ccc(Cl)cc1. The van der Waals surface area contributed by atoms with Gasteiger partial charge in [-0.25, -0.2) is 0 Å². The van der Waals surface area contributed by atoms with Crippen LogP contribution in [0.1, 0.15) is 0 Å². The summed E-state index contributed by atoms with van der Waals surface area (Å²) in [5, 5.41) is 18.1. The van der Waals surface area contributed by atoms with E-state index in [4.69, 9.17) is 16.7 Å². The molecule has 104 valence electrons. The number of carbonyl (C=O) groups is 1. The van der Waals surface area contributed by atoms with E-state index in [0.29, 0.717) is 22.5 Å². The van der Waals surface area contributed by atoms with E-state index in [2.05, 4.69) is 16.8 Å². The number of nitrogens with zero attached hydrogens (tertiary/aromatic N) is 3. The van der Waals surface area contributed by atoms with Crippen molar-refractivity contribution >= 4 is 29.3 Å². The van der Waals surface area contributed by atoms with Crippen LogP contribution < -0.4 is 0 Å². The van der Waals surface area contributed by atoms with Gasteiger partial charge in [0, 0.05) is 17.1 Å². The molecule has 1 N–H and O–H groups in total. The number of allylic oxidation sites excluding steroid dienone is 1. The summed E-state index contributed by atoms with van der Waals surface area (Å²) in [4.78, 5) is 10.6. The third kappa shape index (κ3) is 3.40. The average molecular weight is 310 g/mol. The van der Waals surface area contributed by atoms with Crippen LogP contribution in [0.2, 0.25) is 5.02 Å². The molecular formula is C13H12ClN3O2S. The van der Waals surface area contributed by atoms with Gasteiger partial charge in [-0.2, -0.15) is 0 Å². The summed E-state index contributed by atoms with van der Waals surface area (Å²) in [6.45, 7) is 4.20. The van der Waals surface area contributed by atoms with E-state index in [1.165, 1.54) is 0 Å². The van der Waals surface area contributed by atoms with Crippen molar-refractivity contribution in [2.75, 3.05) is 5.75 Å². The summed E-state index contributed by atoms with van der Waals surface area (Å²) in [6, 6.07) is 7.23. The minimum absolute atomic E-state index is 0.0596. The Hall–Kier alpha value is -1.79. The first-order valence-corrected chi connectivity index (χ1v) is 7.13. The molecule has 1 aromatic carbocycles. The van der Waals surface area contributed by atoms with Crippen LogP contribution in [0.5, 0.6) is 0 Å². The molecule has 0 radical (unpaired) electrons. The van der Waals surface area contributed by atoms with E-state index in [1.807, 2.05) is 16.7 Å². The molecule has 1 aromatic heterocycles. The third-order valence-electron chi connectivity index (χ3n) is 2.46. The fourth-order valence-electron chi connectivity index (χ4n) is 1.63. The molecule has 0 aliphatic rings. The second kappa shape index (κ2) is 6.58. The first-order chi connectivity index (χ1) is 9.61. The number of hydrogen-bond acceptors (Lipinski definition) is 4. The highest BCUT2D eigenvalue weighted by Crippen LogP contribution is 2.25. The molecule has 0 spiro atoms. The van der Waals surface area contributed by atoms with Crippen molar-refractivity contribution in [2.45, 2.75) is 11.7 Å². The lowest BCUT2D eigenvalue weighted by molar-refractivity contribution is -0.133. The Labute approximate surface area is 125 Å². The van der Waals surface area contributed by atoms with Gasteiger partial charge in [0.25, 0.3) is 0 Å². The fraction of sp³-hybridized carbons (Fsp3) is 0.154. The second-order valence-corrected chi connectivity index (χ2v) is 5.27. The molecule has 5 nitrogen and oxygen atoms in total. The number of carboxylic acid groups (broad SMARTS) is 1. The Morgan fingerprint density at radius 1 is 1.40 bits per heavy atom. The summed E-state index contributed by atoms with van der Waals surface area (Å²) in [7, 11) is 0. The number of benzene rings is 1. The number of aliphatic carboxylic acids is 1. The summed E-state index contributed by atoms with van der Waals surface area (Å²) in [6.07, 6.45) is 1.72. The van der Waals surface area contributed by atoms with Crippen molar-refractivity contribution in [1.29, 1.82) is 0 Å². The van der Waals surface area contributed by atoms with E-state index in [1.54, 1.807) is 18.2 Å². The maximum atomic E-state index is 10.6. The molecule has 2 aromatic rings. The number of thioether (sulfide) groups is 1. The Morgan fingerprint density at radius 2 is 2.10 bits per heavy atom. The number of aromatic nitrogens is 3. The zero-order valence-electron chi connectivity index (χ0n) is 10.5. The molecule has 0 bridgehead atoms. The molecule has 0 atom stereocenters. The standard InChI is InChI=1S/C13H12ClN3O2S/c1-2-7-17-12(9-3-5-10(14)6-4-9)15-16-13(17)20-8-11(18)19/h2-6H,1,7-8H2,(H,18,19). The largest absolute Gasteiger partial charge is 0.481 e. The van der Waals surface area contributed by atoms with Gasteiger partial charge in [-0.3, -0.25) is 9.36 Å². The molecule has 2 rings (SSSR count). The third-order valence-corrected chi connectivity index (χ3v) is 3.66. The fourth-order valence-corrected chi connectivity index (χ4v) is 2.42. The van der Waals surface area contributed by atoms with Gasteiger partial charge < -0.3 is 5.11 Å². The molecule has 1 heterocycles. The predicted molar refractivity (Wildman–Crippen MR) is 79.0 cm³/mol. The van der Waals surface area contributed by atoms with Crippen LogP contribution in [-0.2, 0) is 11.3 Å². The van der Waals surface area contributed by atoms with Crippen molar-refractivity contribution in [1.82, 2.24) is 14.8 Å². The molecule has 0 aliphatic heterocycles. The topological polar surface area (TPSA) is 68.0 Å². The maximum absolute atomic E-state index is 10.6.